The van der Waals surface area contributed by atoms with E-state index in [2.05, 4.69) is 158 Å². The van der Waals surface area contributed by atoms with Crippen molar-refractivity contribution in [2.24, 2.45) is 0 Å². The summed E-state index contributed by atoms with van der Waals surface area (Å²) in [5.74, 6) is 3.69. The fourth-order valence-corrected chi connectivity index (χ4v) is 11.5. The molecule has 1 aliphatic carbocycles. The molecule has 0 N–H and O–H groups in total. The second kappa shape index (κ2) is 13.3. The zero-order chi connectivity index (χ0) is 40.5. The molecular weight excluding hydrogens is 703 g/mol. The molecule has 3 aliphatic rings. The molecule has 1 fully saturated rings. The Balaban J connectivity index is 1.35. The fraction of sp³-hybridized carbons (Fsp3) is 0.396. The predicted molar refractivity (Wildman–Crippen MR) is 247 cm³/mol. The molecule has 0 amide bonds. The SMILES string of the molecule is Cc1nc2cc(-c3c(C(C)C)cccc3C(C)C)cc3c2n1-c1cc(C2(C)CCCCC2)cc2c1B3c1cc(-c3c(C(C)C)cccc3C(C)C)cc3nc(C)n-2c13. The molecule has 0 bridgehead atoms. The van der Waals surface area contributed by atoms with Crippen LogP contribution in [0.2, 0.25) is 0 Å². The van der Waals surface area contributed by atoms with Crippen molar-refractivity contribution < 1.29 is 0 Å². The van der Waals surface area contributed by atoms with Crippen LogP contribution in [0.3, 0.4) is 0 Å². The first-order valence-corrected chi connectivity index (χ1v) is 22.3. The maximum absolute atomic E-state index is 5.47. The number of hydrogen-bond donors (Lipinski definition) is 0. The molecule has 0 radical (unpaired) electrons. The molecule has 2 aromatic heterocycles. The molecule has 4 heterocycles. The van der Waals surface area contributed by atoms with E-state index < -0.39 is 0 Å². The van der Waals surface area contributed by atoms with E-state index in [1.165, 1.54) is 121 Å². The van der Waals surface area contributed by atoms with Gasteiger partial charge in [0.1, 0.15) is 11.6 Å². The Kier molecular flexibility index (Phi) is 8.58. The van der Waals surface area contributed by atoms with Gasteiger partial charge in [-0.1, -0.05) is 130 Å². The van der Waals surface area contributed by atoms with Crippen LogP contribution in [0.25, 0.3) is 55.7 Å². The van der Waals surface area contributed by atoms with Gasteiger partial charge in [-0.3, -0.25) is 9.13 Å². The van der Waals surface area contributed by atoms with Crippen molar-refractivity contribution in [1.82, 2.24) is 19.1 Å². The third-order valence-corrected chi connectivity index (χ3v) is 14.4. The smallest absolute Gasteiger partial charge is 0.252 e. The van der Waals surface area contributed by atoms with Crippen molar-refractivity contribution in [3.63, 3.8) is 0 Å². The van der Waals surface area contributed by atoms with Crippen LogP contribution in [0, 0.1) is 13.8 Å². The summed E-state index contributed by atoms with van der Waals surface area (Å²) in [7, 11) is 0. The summed E-state index contributed by atoms with van der Waals surface area (Å²) >= 11 is 0. The molecule has 7 aromatic rings. The van der Waals surface area contributed by atoms with E-state index in [4.69, 9.17) is 9.97 Å². The second-order valence-electron chi connectivity index (χ2n) is 19.6. The minimum Gasteiger partial charge on any atom is -0.297 e. The number of aromatic nitrogens is 4. The Morgan fingerprint density at radius 1 is 0.552 bits per heavy atom. The van der Waals surface area contributed by atoms with Crippen LogP contribution in [-0.2, 0) is 5.41 Å². The average molecular weight is 763 g/mol. The first-order chi connectivity index (χ1) is 27.8. The topological polar surface area (TPSA) is 35.6 Å². The molecular formula is C53H59BN4. The number of hydrogen-bond acceptors (Lipinski definition) is 2. The second-order valence-corrected chi connectivity index (χ2v) is 19.6. The van der Waals surface area contributed by atoms with Gasteiger partial charge in [-0.15, -0.1) is 0 Å². The Morgan fingerprint density at radius 2 is 0.948 bits per heavy atom. The molecule has 10 rings (SSSR count). The van der Waals surface area contributed by atoms with E-state index in [0.717, 1.165) is 22.7 Å². The van der Waals surface area contributed by atoms with E-state index in [1.54, 1.807) is 0 Å². The van der Waals surface area contributed by atoms with Crippen LogP contribution in [-0.4, -0.2) is 25.8 Å². The lowest BCUT2D eigenvalue weighted by atomic mass is 9.34. The van der Waals surface area contributed by atoms with Gasteiger partial charge in [0.15, 0.2) is 0 Å². The van der Waals surface area contributed by atoms with Gasteiger partial charge in [-0.2, -0.15) is 0 Å². The predicted octanol–water partition coefficient (Wildman–Crippen LogP) is 12.2. The number of imidazole rings is 2. The van der Waals surface area contributed by atoms with Gasteiger partial charge in [-0.25, -0.2) is 9.97 Å². The van der Waals surface area contributed by atoms with Gasteiger partial charge < -0.3 is 0 Å². The van der Waals surface area contributed by atoms with Gasteiger partial charge in [-0.05, 0) is 147 Å². The Bertz CT molecular complexity index is 2590. The molecule has 2 aliphatic heterocycles. The number of rotatable bonds is 7. The maximum Gasteiger partial charge on any atom is 0.252 e. The van der Waals surface area contributed by atoms with Crippen LogP contribution in [0.15, 0.2) is 72.8 Å². The lowest BCUT2D eigenvalue weighted by molar-refractivity contribution is 0.319. The van der Waals surface area contributed by atoms with Gasteiger partial charge in [0.25, 0.3) is 6.71 Å². The van der Waals surface area contributed by atoms with E-state index in [9.17, 15) is 0 Å². The van der Waals surface area contributed by atoms with Crippen LogP contribution in [0.1, 0.15) is 158 Å². The highest BCUT2D eigenvalue weighted by Gasteiger charge is 2.43. The quantitative estimate of drug-likeness (QED) is 0.152. The monoisotopic (exact) mass is 762 g/mol. The molecule has 294 valence electrons. The first-order valence-electron chi connectivity index (χ1n) is 22.3. The Morgan fingerprint density at radius 3 is 1.33 bits per heavy atom. The van der Waals surface area contributed by atoms with Crippen molar-refractivity contribution >= 4 is 45.2 Å². The number of fused-ring (bicyclic) bond motifs is 4. The third kappa shape index (κ3) is 5.33. The maximum atomic E-state index is 5.47. The van der Waals surface area contributed by atoms with E-state index in [1.807, 2.05) is 0 Å². The fourth-order valence-electron chi connectivity index (χ4n) is 11.5. The standard InChI is InChI=1S/C53H59BN4/c1-29(2)38-17-15-18-39(30(3)4)48(38)35-23-42-51-44(25-35)55-33(9)57(51)46-27-37(53(11)21-13-12-14-22-53)28-47-50(46)54(42)43-24-36(26-45-52(43)58(47)34(10)56-45)49-40(31(5)6)19-16-20-41(49)32(7)8/h15-20,23-32H,12-14,21-22H2,1-11H3. The summed E-state index contributed by atoms with van der Waals surface area (Å²) in [4.78, 5) is 10.9. The summed E-state index contributed by atoms with van der Waals surface area (Å²) in [6, 6.07) is 29.0. The molecule has 5 aromatic carbocycles. The summed E-state index contributed by atoms with van der Waals surface area (Å²) in [6.07, 6.45) is 6.37. The van der Waals surface area contributed by atoms with Gasteiger partial charge in [0, 0.05) is 11.4 Å². The molecule has 0 saturated heterocycles. The van der Waals surface area contributed by atoms with Crippen LogP contribution in [0.5, 0.6) is 0 Å². The minimum atomic E-state index is 0.0257. The summed E-state index contributed by atoms with van der Waals surface area (Å²) < 4.78 is 5.06. The first kappa shape index (κ1) is 37.4. The van der Waals surface area contributed by atoms with Crippen molar-refractivity contribution in [2.75, 3.05) is 0 Å². The van der Waals surface area contributed by atoms with Crippen LogP contribution >= 0.6 is 0 Å². The zero-order valence-electron chi connectivity index (χ0n) is 36.6. The zero-order valence-corrected chi connectivity index (χ0v) is 36.6. The van der Waals surface area contributed by atoms with E-state index >= 15 is 0 Å². The Hall–Kier alpha value is -4.90. The highest BCUT2D eigenvalue weighted by Crippen LogP contribution is 2.44. The van der Waals surface area contributed by atoms with Crippen molar-refractivity contribution in [2.45, 2.75) is 137 Å². The number of aryl methyl sites for hydroxylation is 2. The van der Waals surface area contributed by atoms with Crippen molar-refractivity contribution in [1.29, 1.82) is 0 Å². The summed E-state index contributed by atoms with van der Waals surface area (Å²) in [6.45, 7) is 25.7. The lowest BCUT2D eigenvalue weighted by Gasteiger charge is -2.38. The normalized spacial score (nSPS) is 15.5. The molecule has 0 spiro atoms. The highest BCUT2D eigenvalue weighted by atomic mass is 15.1. The van der Waals surface area contributed by atoms with Crippen LogP contribution in [0.4, 0.5) is 0 Å². The molecule has 0 atom stereocenters. The number of nitrogens with zero attached hydrogens (tertiary/aromatic N) is 4. The summed E-state index contributed by atoms with van der Waals surface area (Å²) in [5, 5.41) is 0. The van der Waals surface area contributed by atoms with Crippen molar-refractivity contribution in [3.05, 3.63) is 112 Å². The number of benzene rings is 5. The molecule has 4 nitrogen and oxygen atoms in total. The van der Waals surface area contributed by atoms with E-state index in [0.29, 0.717) is 23.7 Å². The van der Waals surface area contributed by atoms with Gasteiger partial charge >= 0.3 is 0 Å². The van der Waals surface area contributed by atoms with Gasteiger partial charge in [0.05, 0.1) is 22.1 Å². The third-order valence-electron chi connectivity index (χ3n) is 14.4. The highest BCUT2D eigenvalue weighted by molar-refractivity contribution is 7.00. The Labute approximate surface area is 346 Å². The molecule has 0 unspecified atom stereocenters. The lowest BCUT2D eigenvalue weighted by Crippen LogP contribution is -2.59. The summed E-state index contributed by atoms with van der Waals surface area (Å²) in [5.41, 5.74) is 24.0. The van der Waals surface area contributed by atoms with E-state index in [-0.39, 0.29) is 12.1 Å². The van der Waals surface area contributed by atoms with Crippen LogP contribution < -0.4 is 16.4 Å². The molecule has 58 heavy (non-hydrogen) atoms. The van der Waals surface area contributed by atoms with Gasteiger partial charge in [0.2, 0.25) is 0 Å². The molecule has 5 heteroatoms. The minimum absolute atomic E-state index is 0.0257. The van der Waals surface area contributed by atoms with Crippen molar-refractivity contribution in [3.8, 4) is 33.6 Å². The largest absolute Gasteiger partial charge is 0.297 e. The average Bonchev–Trinajstić information content (AvgIpc) is 3.72. The molecule has 1 saturated carbocycles.